The average molecular weight is 206 g/mol. The molecule has 0 aliphatic heterocycles. The van der Waals surface area contributed by atoms with E-state index in [2.05, 4.69) is 0 Å². The second-order valence-electron chi connectivity index (χ2n) is 2.32. The molecule has 5 nitrogen and oxygen atoms in total. The Hall–Kier alpha value is 0.830. The van der Waals surface area contributed by atoms with Crippen LogP contribution in [-0.2, 0) is 10.1 Å². The third-order valence-electron chi connectivity index (χ3n) is 1.59. The summed E-state index contributed by atoms with van der Waals surface area (Å²) in [6.07, 6.45) is 0. The summed E-state index contributed by atoms with van der Waals surface area (Å²) in [5.41, 5.74) is 0. The second-order valence-corrected chi connectivity index (χ2v) is 4.05. The Balaban J connectivity index is 0. The molecule has 0 aliphatic carbocycles. The summed E-state index contributed by atoms with van der Waals surface area (Å²) < 4.78 is 30.9. The van der Waals surface area contributed by atoms with E-state index in [1.807, 2.05) is 0 Å². The molecule has 0 aromatic heterocycles. The van der Waals surface area contributed by atoms with E-state index in [0.717, 1.165) is 0 Å². The zero-order valence-electron chi connectivity index (χ0n) is 7.10. The second kappa shape index (κ2) is 6.31. The van der Waals surface area contributed by atoms with Crippen molar-refractivity contribution < 1.29 is 52.7 Å². The fourth-order valence-electron chi connectivity index (χ4n) is 0.590. The van der Waals surface area contributed by atoms with Crippen LogP contribution in [0, 0.1) is 5.92 Å². The molecule has 0 aromatic carbocycles. The first kappa shape index (κ1) is 15.3. The predicted octanol–water partition coefficient (Wildman–Crippen LogP) is -4.48. The van der Waals surface area contributed by atoms with Crippen molar-refractivity contribution in [3.63, 3.8) is 0 Å². The van der Waals surface area contributed by atoms with Crippen molar-refractivity contribution in [2.75, 3.05) is 13.2 Å². The standard InChI is InChI=1S/C5H12O5S.Na/c1-4(11(8,9)10)5(2-6)3-7;/h4-7H,2-3H2,1H3,(H,8,9,10);/q;+1/p-1. The molecule has 0 fully saturated rings. The normalized spacial score (nSPS) is 14.1. The fourth-order valence-corrected chi connectivity index (χ4v) is 1.23. The zero-order chi connectivity index (χ0) is 9.07. The van der Waals surface area contributed by atoms with E-state index in [4.69, 9.17) is 10.2 Å². The van der Waals surface area contributed by atoms with Crippen LogP contribution in [0.25, 0.3) is 0 Å². The van der Waals surface area contributed by atoms with Crippen molar-refractivity contribution in [3.8, 4) is 0 Å². The van der Waals surface area contributed by atoms with Gasteiger partial charge in [-0.15, -0.1) is 0 Å². The molecule has 0 aromatic rings. The molecule has 0 amide bonds. The van der Waals surface area contributed by atoms with E-state index in [-0.39, 0.29) is 29.6 Å². The molecule has 0 spiro atoms. The van der Waals surface area contributed by atoms with Crippen LogP contribution in [0.5, 0.6) is 0 Å². The number of hydrogen-bond acceptors (Lipinski definition) is 5. The molecule has 0 radical (unpaired) electrons. The van der Waals surface area contributed by atoms with Gasteiger partial charge in [0.1, 0.15) is 0 Å². The summed E-state index contributed by atoms with van der Waals surface area (Å²) >= 11 is 0. The van der Waals surface area contributed by atoms with Crippen LogP contribution in [0.2, 0.25) is 0 Å². The third kappa shape index (κ3) is 4.76. The Morgan fingerprint density at radius 1 is 1.33 bits per heavy atom. The van der Waals surface area contributed by atoms with E-state index >= 15 is 0 Å². The summed E-state index contributed by atoms with van der Waals surface area (Å²) in [7, 11) is -4.40. The van der Waals surface area contributed by atoms with Crippen molar-refractivity contribution in [2.45, 2.75) is 12.2 Å². The van der Waals surface area contributed by atoms with Crippen LogP contribution in [0.1, 0.15) is 6.92 Å². The van der Waals surface area contributed by atoms with Crippen molar-refractivity contribution in [1.82, 2.24) is 0 Å². The number of rotatable bonds is 4. The topological polar surface area (TPSA) is 97.7 Å². The van der Waals surface area contributed by atoms with Gasteiger partial charge >= 0.3 is 29.6 Å². The first-order chi connectivity index (χ1) is 4.93. The van der Waals surface area contributed by atoms with E-state index in [1.54, 1.807) is 0 Å². The van der Waals surface area contributed by atoms with Crippen LogP contribution in [0.3, 0.4) is 0 Å². The molecule has 0 heterocycles. The van der Waals surface area contributed by atoms with Gasteiger partial charge in [0.2, 0.25) is 0 Å². The molecule has 0 rings (SSSR count). The number of hydrogen-bond donors (Lipinski definition) is 2. The van der Waals surface area contributed by atoms with Crippen LogP contribution < -0.4 is 29.6 Å². The van der Waals surface area contributed by atoms with Gasteiger partial charge in [0.05, 0.1) is 15.4 Å². The third-order valence-corrected chi connectivity index (χ3v) is 2.88. The van der Waals surface area contributed by atoms with Crippen LogP contribution >= 0.6 is 0 Å². The van der Waals surface area contributed by atoms with Gasteiger partial charge in [0.25, 0.3) is 0 Å². The van der Waals surface area contributed by atoms with Gasteiger partial charge < -0.3 is 14.8 Å². The van der Waals surface area contributed by atoms with Gasteiger partial charge in [-0.05, 0) is 6.92 Å². The Kier molecular flexibility index (Phi) is 8.05. The quantitative estimate of drug-likeness (QED) is 0.357. The van der Waals surface area contributed by atoms with Crippen LogP contribution in [0.4, 0.5) is 0 Å². The van der Waals surface area contributed by atoms with Crippen LogP contribution in [0.15, 0.2) is 0 Å². The Morgan fingerprint density at radius 2 is 1.67 bits per heavy atom. The van der Waals surface area contributed by atoms with E-state index in [9.17, 15) is 13.0 Å². The molecule has 12 heavy (non-hydrogen) atoms. The summed E-state index contributed by atoms with van der Waals surface area (Å²) in [6, 6.07) is 0. The van der Waals surface area contributed by atoms with Gasteiger partial charge in [0, 0.05) is 19.1 Å². The Labute approximate surface area is 93.8 Å². The molecule has 0 aliphatic rings. The maximum atomic E-state index is 10.3. The minimum Gasteiger partial charge on any atom is -0.748 e. The molecule has 68 valence electrons. The summed E-state index contributed by atoms with van der Waals surface area (Å²) in [5.74, 6) is -0.877. The van der Waals surface area contributed by atoms with Crippen molar-refractivity contribution in [2.24, 2.45) is 5.92 Å². The van der Waals surface area contributed by atoms with Crippen molar-refractivity contribution in [1.29, 1.82) is 0 Å². The summed E-state index contributed by atoms with van der Waals surface area (Å²) in [4.78, 5) is 0. The minimum atomic E-state index is -4.40. The van der Waals surface area contributed by atoms with Crippen molar-refractivity contribution >= 4 is 10.1 Å². The largest absolute Gasteiger partial charge is 1.00 e. The van der Waals surface area contributed by atoms with Gasteiger partial charge in [-0.1, -0.05) is 0 Å². The number of aliphatic hydroxyl groups is 2. The zero-order valence-corrected chi connectivity index (χ0v) is 9.91. The molecule has 7 heteroatoms. The number of aliphatic hydroxyl groups excluding tert-OH is 2. The monoisotopic (exact) mass is 206 g/mol. The molecule has 0 bridgehead atoms. The van der Waals surface area contributed by atoms with E-state index in [0.29, 0.717) is 0 Å². The maximum absolute atomic E-state index is 10.3. The van der Waals surface area contributed by atoms with Gasteiger partial charge in [-0.2, -0.15) is 0 Å². The molecular weight excluding hydrogens is 195 g/mol. The molecule has 0 saturated heterocycles. The average Bonchev–Trinajstić information content (AvgIpc) is 1.88. The molecule has 2 N–H and O–H groups in total. The van der Waals surface area contributed by atoms with E-state index < -0.39 is 34.5 Å². The maximum Gasteiger partial charge on any atom is 1.00 e. The van der Waals surface area contributed by atoms with E-state index in [1.165, 1.54) is 6.92 Å². The smallest absolute Gasteiger partial charge is 0.748 e. The van der Waals surface area contributed by atoms with Crippen LogP contribution in [-0.4, -0.2) is 41.6 Å². The molecule has 1 atom stereocenters. The first-order valence-corrected chi connectivity index (χ1v) is 4.57. The minimum absolute atomic E-state index is 0. The SMILES string of the molecule is CC(C(CO)CO)S(=O)(=O)[O-].[Na+]. The molecular formula is C5H11NaO5S. The van der Waals surface area contributed by atoms with Gasteiger partial charge in [-0.25, -0.2) is 8.42 Å². The van der Waals surface area contributed by atoms with Crippen molar-refractivity contribution in [3.05, 3.63) is 0 Å². The molecule has 1 unspecified atom stereocenters. The summed E-state index contributed by atoms with van der Waals surface area (Å²) in [6.45, 7) is 0.164. The first-order valence-electron chi connectivity index (χ1n) is 3.10. The predicted molar refractivity (Wildman–Crippen MR) is 36.8 cm³/mol. The Bertz CT molecular complexity index is 198. The molecule has 0 saturated carbocycles. The van der Waals surface area contributed by atoms with Gasteiger partial charge in [-0.3, -0.25) is 0 Å². The van der Waals surface area contributed by atoms with Gasteiger partial charge in [0.15, 0.2) is 0 Å². The fraction of sp³-hybridized carbons (Fsp3) is 1.00. The Morgan fingerprint density at radius 3 is 1.75 bits per heavy atom. The summed E-state index contributed by atoms with van der Waals surface area (Å²) in [5, 5.41) is 15.8.